The highest BCUT2D eigenvalue weighted by Gasteiger charge is 2.33. The zero-order chi connectivity index (χ0) is 22.7. The van der Waals surface area contributed by atoms with Gasteiger partial charge in [0.1, 0.15) is 6.61 Å². The molecule has 4 rings (SSSR count). The molecule has 0 bridgehead atoms. The third kappa shape index (κ3) is 4.45. The van der Waals surface area contributed by atoms with Gasteiger partial charge in [-0.05, 0) is 29.2 Å². The van der Waals surface area contributed by atoms with E-state index >= 15 is 0 Å². The molecule has 1 fully saturated rings. The van der Waals surface area contributed by atoms with Gasteiger partial charge in [0.2, 0.25) is 5.91 Å². The van der Waals surface area contributed by atoms with Crippen LogP contribution in [-0.2, 0) is 19.1 Å². The molecule has 8 nitrogen and oxygen atoms in total. The fourth-order valence-electron chi connectivity index (χ4n) is 4.38. The van der Waals surface area contributed by atoms with E-state index in [1.54, 1.807) is 6.92 Å². The van der Waals surface area contributed by atoms with Gasteiger partial charge in [-0.1, -0.05) is 48.5 Å². The number of amides is 2. The number of aliphatic carboxylic acids is 1. The van der Waals surface area contributed by atoms with Crippen molar-refractivity contribution in [1.82, 2.24) is 10.2 Å². The first-order valence-electron chi connectivity index (χ1n) is 10.7. The number of carboxylic acids is 1. The molecule has 2 N–H and O–H groups in total. The largest absolute Gasteiger partial charge is 0.480 e. The SMILES string of the molecule is CC(CC(=O)N1CCOCC1C(=O)O)NC(=O)OCC1c2ccccc2-c2ccccc21. The van der Waals surface area contributed by atoms with Crippen LogP contribution in [0.2, 0.25) is 0 Å². The quantitative estimate of drug-likeness (QED) is 0.718. The molecule has 0 radical (unpaired) electrons. The number of ether oxygens (including phenoxy) is 2. The summed E-state index contributed by atoms with van der Waals surface area (Å²) < 4.78 is 10.7. The maximum absolute atomic E-state index is 12.6. The third-order valence-electron chi connectivity index (χ3n) is 5.92. The number of morpholine rings is 1. The average Bonchev–Trinajstić information content (AvgIpc) is 3.11. The van der Waals surface area contributed by atoms with Crippen LogP contribution in [0.1, 0.15) is 30.4 Å². The lowest BCUT2D eigenvalue weighted by atomic mass is 9.98. The monoisotopic (exact) mass is 438 g/mol. The molecule has 0 spiro atoms. The zero-order valence-corrected chi connectivity index (χ0v) is 17.8. The minimum absolute atomic E-state index is 0.0199. The second-order valence-corrected chi connectivity index (χ2v) is 8.09. The predicted molar refractivity (Wildman–Crippen MR) is 116 cm³/mol. The average molecular weight is 438 g/mol. The van der Waals surface area contributed by atoms with Crippen LogP contribution in [0.25, 0.3) is 11.1 Å². The predicted octanol–water partition coefficient (Wildman–Crippen LogP) is 2.62. The molecule has 0 aromatic heterocycles. The van der Waals surface area contributed by atoms with E-state index in [0.29, 0.717) is 6.61 Å². The number of carbonyl (C=O) groups is 3. The molecule has 2 atom stereocenters. The first kappa shape index (κ1) is 21.8. The Labute approximate surface area is 186 Å². The van der Waals surface area contributed by atoms with E-state index in [4.69, 9.17) is 9.47 Å². The molecule has 1 aliphatic heterocycles. The summed E-state index contributed by atoms with van der Waals surface area (Å²) in [6.07, 6.45) is -0.627. The van der Waals surface area contributed by atoms with Crippen molar-refractivity contribution < 1.29 is 29.0 Å². The van der Waals surface area contributed by atoms with Gasteiger partial charge >= 0.3 is 12.1 Å². The summed E-state index contributed by atoms with van der Waals surface area (Å²) in [5.41, 5.74) is 4.54. The molecule has 8 heteroatoms. The Morgan fingerprint density at radius 1 is 1.12 bits per heavy atom. The number of fused-ring (bicyclic) bond motifs is 3. The first-order chi connectivity index (χ1) is 15.5. The summed E-state index contributed by atoms with van der Waals surface area (Å²) in [6, 6.07) is 14.7. The number of nitrogens with zero attached hydrogens (tertiary/aromatic N) is 1. The van der Waals surface area contributed by atoms with Crippen molar-refractivity contribution in [2.45, 2.75) is 31.3 Å². The van der Waals surface area contributed by atoms with Crippen molar-refractivity contribution in [3.63, 3.8) is 0 Å². The molecule has 1 heterocycles. The number of hydrogen-bond donors (Lipinski definition) is 2. The van der Waals surface area contributed by atoms with Crippen molar-refractivity contribution in [2.75, 3.05) is 26.4 Å². The molecule has 32 heavy (non-hydrogen) atoms. The smallest absolute Gasteiger partial charge is 0.407 e. The maximum Gasteiger partial charge on any atom is 0.407 e. The molecule has 1 saturated heterocycles. The number of alkyl carbamates (subject to hydrolysis) is 1. The van der Waals surface area contributed by atoms with E-state index in [1.807, 2.05) is 36.4 Å². The summed E-state index contributed by atoms with van der Waals surface area (Å²) in [7, 11) is 0. The Morgan fingerprint density at radius 2 is 1.75 bits per heavy atom. The van der Waals surface area contributed by atoms with Crippen molar-refractivity contribution in [3.05, 3.63) is 59.7 Å². The minimum atomic E-state index is -1.10. The van der Waals surface area contributed by atoms with Gasteiger partial charge in [0.15, 0.2) is 6.04 Å². The van der Waals surface area contributed by atoms with Crippen LogP contribution in [0.4, 0.5) is 4.79 Å². The van der Waals surface area contributed by atoms with E-state index in [1.165, 1.54) is 4.90 Å². The van der Waals surface area contributed by atoms with Crippen molar-refractivity contribution in [1.29, 1.82) is 0 Å². The molecule has 0 saturated carbocycles. The van der Waals surface area contributed by atoms with E-state index in [0.717, 1.165) is 22.3 Å². The number of rotatable bonds is 6. The Balaban J connectivity index is 1.32. The lowest BCUT2D eigenvalue weighted by Crippen LogP contribution is -2.53. The highest BCUT2D eigenvalue weighted by molar-refractivity contribution is 5.84. The van der Waals surface area contributed by atoms with E-state index in [-0.39, 0.29) is 38.0 Å². The van der Waals surface area contributed by atoms with E-state index in [9.17, 15) is 19.5 Å². The molecule has 2 aromatic rings. The Hall–Kier alpha value is -3.39. The molecule has 2 amide bonds. The second-order valence-electron chi connectivity index (χ2n) is 8.09. The van der Waals surface area contributed by atoms with Crippen LogP contribution >= 0.6 is 0 Å². The standard InChI is InChI=1S/C24H26N2O6/c1-15(12-22(27)26-10-11-31-14-21(26)23(28)29)25-24(30)32-13-20-18-8-4-2-6-16(18)17-7-3-5-9-19(17)20/h2-9,15,20-21H,10-14H2,1H3,(H,25,30)(H,28,29). The Morgan fingerprint density at radius 3 is 2.38 bits per heavy atom. The number of hydrogen-bond acceptors (Lipinski definition) is 5. The Bertz CT molecular complexity index is 978. The highest BCUT2D eigenvalue weighted by atomic mass is 16.5. The third-order valence-corrected chi connectivity index (χ3v) is 5.92. The minimum Gasteiger partial charge on any atom is -0.480 e. The molecule has 1 aliphatic carbocycles. The summed E-state index contributed by atoms with van der Waals surface area (Å²) >= 11 is 0. The maximum atomic E-state index is 12.6. The van der Waals surface area contributed by atoms with E-state index in [2.05, 4.69) is 17.4 Å². The zero-order valence-electron chi connectivity index (χ0n) is 17.8. The van der Waals surface area contributed by atoms with Gasteiger partial charge in [0, 0.05) is 24.9 Å². The van der Waals surface area contributed by atoms with Gasteiger partial charge in [-0.2, -0.15) is 0 Å². The highest BCUT2D eigenvalue weighted by Crippen LogP contribution is 2.44. The normalized spacial score (nSPS) is 18.4. The van der Waals surface area contributed by atoms with Gasteiger partial charge in [-0.25, -0.2) is 9.59 Å². The van der Waals surface area contributed by atoms with Gasteiger partial charge in [-0.3, -0.25) is 4.79 Å². The van der Waals surface area contributed by atoms with Crippen molar-refractivity contribution in [3.8, 4) is 11.1 Å². The number of carbonyl (C=O) groups excluding carboxylic acids is 2. The van der Waals surface area contributed by atoms with Crippen LogP contribution < -0.4 is 5.32 Å². The lowest BCUT2D eigenvalue weighted by molar-refractivity contribution is -0.158. The van der Waals surface area contributed by atoms with Crippen LogP contribution in [0.15, 0.2) is 48.5 Å². The van der Waals surface area contributed by atoms with Crippen LogP contribution in [0, 0.1) is 0 Å². The van der Waals surface area contributed by atoms with Gasteiger partial charge < -0.3 is 24.8 Å². The summed E-state index contributed by atoms with van der Waals surface area (Å²) in [4.78, 5) is 37.6. The molecular formula is C24H26N2O6. The van der Waals surface area contributed by atoms with Gasteiger partial charge in [0.25, 0.3) is 0 Å². The molecule has 2 aliphatic rings. The molecule has 2 aromatic carbocycles. The molecule has 2 unspecified atom stereocenters. The fraction of sp³-hybridized carbons (Fsp3) is 0.375. The number of nitrogens with one attached hydrogen (secondary N) is 1. The Kier molecular flexibility index (Phi) is 6.41. The number of benzene rings is 2. The summed E-state index contributed by atoms with van der Waals surface area (Å²) in [6.45, 7) is 2.35. The van der Waals surface area contributed by atoms with Crippen molar-refractivity contribution in [2.24, 2.45) is 0 Å². The topological polar surface area (TPSA) is 105 Å². The van der Waals surface area contributed by atoms with Crippen LogP contribution in [0.5, 0.6) is 0 Å². The second kappa shape index (κ2) is 9.40. The fourth-order valence-corrected chi connectivity index (χ4v) is 4.38. The lowest BCUT2D eigenvalue weighted by Gasteiger charge is -2.33. The van der Waals surface area contributed by atoms with Crippen LogP contribution in [-0.4, -0.2) is 66.4 Å². The van der Waals surface area contributed by atoms with Crippen LogP contribution in [0.3, 0.4) is 0 Å². The van der Waals surface area contributed by atoms with Crippen molar-refractivity contribution >= 4 is 18.0 Å². The van der Waals surface area contributed by atoms with E-state index < -0.39 is 24.1 Å². The van der Waals surface area contributed by atoms with Gasteiger partial charge in [0.05, 0.1) is 13.2 Å². The molecule has 168 valence electrons. The number of carboxylic acid groups (broad SMARTS) is 1. The van der Waals surface area contributed by atoms with Gasteiger partial charge in [-0.15, -0.1) is 0 Å². The first-order valence-corrected chi connectivity index (χ1v) is 10.7. The summed E-state index contributed by atoms with van der Waals surface area (Å²) in [5, 5.41) is 12.0. The summed E-state index contributed by atoms with van der Waals surface area (Å²) in [5.74, 6) is -1.49. The molecular weight excluding hydrogens is 412 g/mol.